The van der Waals surface area contributed by atoms with Crippen molar-refractivity contribution in [2.75, 3.05) is 11.1 Å². The number of rotatable bonds is 8. The highest BCUT2D eigenvalue weighted by atomic mass is 32.2. The van der Waals surface area contributed by atoms with Crippen molar-refractivity contribution in [3.63, 3.8) is 0 Å². The fourth-order valence-corrected chi connectivity index (χ4v) is 4.97. The smallest absolute Gasteiger partial charge is 0.235 e. The van der Waals surface area contributed by atoms with E-state index in [4.69, 9.17) is 4.42 Å². The number of hydrogen-bond donors (Lipinski definition) is 1. The summed E-state index contributed by atoms with van der Waals surface area (Å²) in [7, 11) is 0. The van der Waals surface area contributed by atoms with Gasteiger partial charge in [-0.25, -0.2) is 0 Å². The van der Waals surface area contributed by atoms with Gasteiger partial charge in [0.05, 0.1) is 29.0 Å². The number of carbonyl (C=O) groups is 1. The van der Waals surface area contributed by atoms with Gasteiger partial charge in [-0.05, 0) is 49.9 Å². The number of aromatic nitrogens is 4. The summed E-state index contributed by atoms with van der Waals surface area (Å²) in [4.78, 5) is 13.9. The van der Waals surface area contributed by atoms with E-state index in [1.807, 2.05) is 59.6 Å². The van der Waals surface area contributed by atoms with E-state index in [1.165, 1.54) is 11.8 Å². The topological polar surface area (TPSA) is 102 Å². The van der Waals surface area contributed by atoms with Crippen LogP contribution in [-0.2, 0) is 17.9 Å². The van der Waals surface area contributed by atoms with Gasteiger partial charge in [0.25, 0.3) is 0 Å². The van der Waals surface area contributed by atoms with Crippen molar-refractivity contribution in [2.45, 2.75) is 39.0 Å². The standard InChI is InChI=1S/C22H22N6O2S2/c1-4-27-21(18-8-6-10-31-18)25-26-22(27)32-13-19(29)24-20-17(11-23)14(2)15(3)28(20)12-16-7-5-9-30-16/h5-10H,4,12-13H2,1-3H3,(H,24,29). The zero-order chi connectivity index (χ0) is 22.7. The summed E-state index contributed by atoms with van der Waals surface area (Å²) >= 11 is 2.93. The zero-order valence-corrected chi connectivity index (χ0v) is 19.6. The number of anilines is 1. The maximum absolute atomic E-state index is 12.8. The lowest BCUT2D eigenvalue weighted by molar-refractivity contribution is -0.113. The lowest BCUT2D eigenvalue weighted by Gasteiger charge is -2.12. The van der Waals surface area contributed by atoms with Crippen LogP contribution >= 0.6 is 23.1 Å². The van der Waals surface area contributed by atoms with Crippen LogP contribution in [0.5, 0.6) is 0 Å². The predicted molar refractivity (Wildman–Crippen MR) is 125 cm³/mol. The van der Waals surface area contributed by atoms with E-state index < -0.39 is 0 Å². The van der Waals surface area contributed by atoms with Crippen molar-refractivity contribution >= 4 is 34.8 Å². The van der Waals surface area contributed by atoms with E-state index in [-0.39, 0.29) is 11.7 Å². The molecule has 4 rings (SSSR count). The molecule has 0 spiro atoms. The van der Waals surface area contributed by atoms with Gasteiger partial charge in [-0.3, -0.25) is 4.79 Å². The van der Waals surface area contributed by atoms with Gasteiger partial charge >= 0.3 is 0 Å². The van der Waals surface area contributed by atoms with E-state index in [0.717, 1.165) is 27.7 Å². The van der Waals surface area contributed by atoms with Gasteiger partial charge in [-0.15, -0.1) is 21.5 Å². The molecule has 0 saturated heterocycles. The molecule has 8 nitrogen and oxygen atoms in total. The van der Waals surface area contributed by atoms with Crippen LogP contribution in [0, 0.1) is 25.2 Å². The zero-order valence-electron chi connectivity index (χ0n) is 18.0. The molecular formula is C22H22N6O2S2. The van der Waals surface area contributed by atoms with Crippen LogP contribution in [-0.4, -0.2) is 31.0 Å². The molecule has 0 saturated carbocycles. The summed E-state index contributed by atoms with van der Waals surface area (Å²) in [6.07, 6.45) is 1.61. The molecule has 10 heteroatoms. The quantitative estimate of drug-likeness (QED) is 0.378. The molecule has 0 radical (unpaired) electrons. The molecule has 1 N–H and O–H groups in total. The number of hydrogen-bond acceptors (Lipinski definition) is 7. The Morgan fingerprint density at radius 3 is 2.78 bits per heavy atom. The van der Waals surface area contributed by atoms with Crippen LogP contribution in [0.2, 0.25) is 0 Å². The van der Waals surface area contributed by atoms with Crippen LogP contribution in [0.4, 0.5) is 5.82 Å². The minimum absolute atomic E-state index is 0.150. The molecule has 1 amide bonds. The molecule has 0 bridgehead atoms. The number of furan rings is 1. The van der Waals surface area contributed by atoms with Crippen LogP contribution in [0.3, 0.4) is 0 Å². The second-order valence-electron chi connectivity index (χ2n) is 7.08. The van der Waals surface area contributed by atoms with Crippen molar-refractivity contribution in [2.24, 2.45) is 0 Å². The second kappa shape index (κ2) is 9.46. The number of nitrogens with one attached hydrogen (secondary N) is 1. The third kappa shape index (κ3) is 4.22. The molecular weight excluding hydrogens is 444 g/mol. The molecule has 164 valence electrons. The molecule has 0 aromatic carbocycles. The van der Waals surface area contributed by atoms with Crippen molar-refractivity contribution in [1.29, 1.82) is 5.26 Å². The fourth-order valence-electron chi connectivity index (χ4n) is 3.45. The number of nitrogens with zero attached hydrogens (tertiary/aromatic N) is 5. The van der Waals surface area contributed by atoms with E-state index in [2.05, 4.69) is 21.6 Å². The van der Waals surface area contributed by atoms with Gasteiger partial charge in [-0.2, -0.15) is 5.26 Å². The monoisotopic (exact) mass is 466 g/mol. The molecule has 4 heterocycles. The summed E-state index contributed by atoms with van der Waals surface area (Å²) < 4.78 is 9.36. The molecule has 0 atom stereocenters. The van der Waals surface area contributed by atoms with Crippen LogP contribution in [0.25, 0.3) is 10.7 Å². The van der Waals surface area contributed by atoms with Crippen molar-refractivity contribution in [1.82, 2.24) is 19.3 Å². The third-order valence-electron chi connectivity index (χ3n) is 5.20. The summed E-state index contributed by atoms with van der Waals surface area (Å²) in [6.45, 7) is 6.97. The predicted octanol–water partition coefficient (Wildman–Crippen LogP) is 4.69. The first-order chi connectivity index (χ1) is 15.5. The highest BCUT2D eigenvalue weighted by Crippen LogP contribution is 2.29. The van der Waals surface area contributed by atoms with Crippen LogP contribution in [0.15, 0.2) is 45.5 Å². The Morgan fingerprint density at radius 1 is 1.28 bits per heavy atom. The van der Waals surface area contributed by atoms with Gasteiger partial charge in [0, 0.05) is 12.2 Å². The first-order valence-corrected chi connectivity index (χ1v) is 11.9. The van der Waals surface area contributed by atoms with Crippen molar-refractivity contribution in [3.05, 3.63) is 58.5 Å². The number of thioether (sulfide) groups is 1. The molecule has 4 aromatic rings. The average molecular weight is 467 g/mol. The minimum Gasteiger partial charge on any atom is -0.467 e. The Labute approximate surface area is 193 Å². The van der Waals surface area contributed by atoms with Gasteiger partial charge < -0.3 is 18.9 Å². The average Bonchev–Trinajstić information content (AvgIpc) is 3.58. The number of thiophene rings is 1. The lowest BCUT2D eigenvalue weighted by atomic mass is 10.2. The number of carbonyl (C=O) groups excluding carboxylic acids is 1. The summed E-state index contributed by atoms with van der Waals surface area (Å²) in [5, 5.41) is 23.9. The molecule has 32 heavy (non-hydrogen) atoms. The molecule has 4 aromatic heterocycles. The molecule has 0 fully saturated rings. The van der Waals surface area contributed by atoms with E-state index >= 15 is 0 Å². The lowest BCUT2D eigenvalue weighted by Crippen LogP contribution is -2.19. The van der Waals surface area contributed by atoms with E-state index in [0.29, 0.717) is 29.6 Å². The van der Waals surface area contributed by atoms with Gasteiger partial charge in [0.15, 0.2) is 11.0 Å². The van der Waals surface area contributed by atoms with Crippen molar-refractivity contribution < 1.29 is 9.21 Å². The van der Waals surface area contributed by atoms with Crippen LogP contribution < -0.4 is 5.32 Å². The van der Waals surface area contributed by atoms with Gasteiger partial charge in [0.2, 0.25) is 5.91 Å². The molecule has 0 aliphatic carbocycles. The van der Waals surface area contributed by atoms with Crippen LogP contribution in [0.1, 0.15) is 29.5 Å². The Balaban J connectivity index is 1.52. The number of nitriles is 1. The maximum Gasteiger partial charge on any atom is 0.235 e. The third-order valence-corrected chi connectivity index (χ3v) is 7.03. The number of amides is 1. The maximum atomic E-state index is 12.8. The fraction of sp³-hybridized carbons (Fsp3) is 0.273. The van der Waals surface area contributed by atoms with E-state index in [1.54, 1.807) is 17.6 Å². The van der Waals surface area contributed by atoms with Gasteiger partial charge in [0.1, 0.15) is 17.6 Å². The Bertz CT molecular complexity index is 1260. The van der Waals surface area contributed by atoms with E-state index in [9.17, 15) is 10.1 Å². The molecule has 0 unspecified atom stereocenters. The Morgan fingerprint density at radius 2 is 2.12 bits per heavy atom. The Hall–Kier alpha value is -3.29. The minimum atomic E-state index is -0.215. The second-order valence-corrected chi connectivity index (χ2v) is 8.97. The summed E-state index contributed by atoms with van der Waals surface area (Å²) in [5.74, 6) is 1.97. The summed E-state index contributed by atoms with van der Waals surface area (Å²) in [5.41, 5.74) is 2.21. The first-order valence-electron chi connectivity index (χ1n) is 10.0. The Kier molecular flexibility index (Phi) is 6.48. The molecule has 0 aliphatic rings. The SMILES string of the molecule is CCn1c(SCC(=O)Nc2c(C#N)c(C)c(C)n2Cc2ccco2)nnc1-c1cccs1. The normalized spacial score (nSPS) is 10.9. The summed E-state index contributed by atoms with van der Waals surface area (Å²) in [6, 6.07) is 9.88. The largest absolute Gasteiger partial charge is 0.467 e. The molecule has 0 aliphatic heterocycles. The first kappa shape index (κ1) is 21.9. The highest BCUT2D eigenvalue weighted by molar-refractivity contribution is 7.99. The highest BCUT2D eigenvalue weighted by Gasteiger charge is 2.21. The van der Waals surface area contributed by atoms with Gasteiger partial charge in [-0.1, -0.05) is 17.8 Å². The van der Waals surface area contributed by atoms with Crippen molar-refractivity contribution in [3.8, 4) is 16.8 Å².